The Kier molecular flexibility index (Phi) is 7.36. The molecule has 1 aliphatic carbocycles. The molecule has 4 aromatic rings. The molecule has 188 valence electrons. The maximum absolute atomic E-state index is 12.0. The zero-order chi connectivity index (χ0) is 25.7. The van der Waals surface area contributed by atoms with E-state index in [0.29, 0.717) is 13.0 Å². The molecule has 0 spiro atoms. The Morgan fingerprint density at radius 3 is 2.24 bits per heavy atom. The van der Waals surface area contributed by atoms with Gasteiger partial charge < -0.3 is 9.26 Å². The van der Waals surface area contributed by atoms with Crippen LogP contribution in [0.5, 0.6) is 0 Å². The van der Waals surface area contributed by atoms with E-state index < -0.39 is 0 Å². The SMILES string of the molecule is CCOC(=O)CC1(c2ccc(-c3ccc(-c4onc(C)c4C=CCCc4ccccc4)cc3)cc2)CC1. The van der Waals surface area contributed by atoms with Crippen LogP contribution in [-0.4, -0.2) is 17.7 Å². The van der Waals surface area contributed by atoms with Crippen molar-refractivity contribution >= 4 is 12.0 Å². The van der Waals surface area contributed by atoms with Gasteiger partial charge in [0.15, 0.2) is 5.76 Å². The highest BCUT2D eigenvalue weighted by Crippen LogP contribution is 2.51. The average molecular weight is 492 g/mol. The van der Waals surface area contributed by atoms with E-state index in [-0.39, 0.29) is 11.4 Å². The minimum atomic E-state index is -0.104. The van der Waals surface area contributed by atoms with Crippen LogP contribution in [0.3, 0.4) is 0 Å². The number of rotatable bonds is 10. The van der Waals surface area contributed by atoms with Gasteiger partial charge in [-0.2, -0.15) is 0 Å². The number of hydrogen-bond acceptors (Lipinski definition) is 4. The lowest BCUT2D eigenvalue weighted by Crippen LogP contribution is -2.15. The highest BCUT2D eigenvalue weighted by Gasteiger charge is 2.46. The lowest BCUT2D eigenvalue weighted by atomic mass is 9.90. The molecule has 0 amide bonds. The third kappa shape index (κ3) is 5.75. The van der Waals surface area contributed by atoms with Crippen molar-refractivity contribution in [2.75, 3.05) is 6.61 Å². The van der Waals surface area contributed by atoms with Gasteiger partial charge in [0.2, 0.25) is 0 Å². The smallest absolute Gasteiger partial charge is 0.306 e. The Hall–Kier alpha value is -3.92. The summed E-state index contributed by atoms with van der Waals surface area (Å²) in [6, 6.07) is 27.6. The third-order valence-electron chi connectivity index (χ3n) is 7.25. The van der Waals surface area contributed by atoms with E-state index in [9.17, 15) is 4.79 Å². The van der Waals surface area contributed by atoms with Crippen LogP contribution < -0.4 is 0 Å². The number of carbonyl (C=O) groups excluding carboxylic acids is 1. The number of benzene rings is 3. The fraction of sp³-hybridized carbons (Fsp3) is 0.273. The standard InChI is InChI=1S/C33H33NO3/c1-3-36-31(35)23-33(21-22-33)29-19-17-27(18-20-29)26-13-15-28(16-14-26)32-30(24(2)34-37-32)12-8-7-11-25-9-5-4-6-10-25/h4-6,8-10,12-20H,3,7,11,21-23H2,1-2H3. The average Bonchev–Trinajstić information content (AvgIpc) is 3.62. The van der Waals surface area contributed by atoms with Gasteiger partial charge in [0.05, 0.1) is 18.7 Å². The first-order valence-corrected chi connectivity index (χ1v) is 13.1. The van der Waals surface area contributed by atoms with Crippen molar-refractivity contribution in [2.24, 2.45) is 0 Å². The number of ether oxygens (including phenoxy) is 1. The number of carbonyl (C=O) groups is 1. The minimum Gasteiger partial charge on any atom is -0.466 e. The van der Waals surface area contributed by atoms with Gasteiger partial charge in [0.25, 0.3) is 0 Å². The molecule has 1 saturated carbocycles. The first-order chi connectivity index (χ1) is 18.1. The molecule has 0 radical (unpaired) electrons. The maximum atomic E-state index is 12.0. The number of allylic oxidation sites excluding steroid dienone is 1. The number of esters is 1. The van der Waals surface area contributed by atoms with E-state index >= 15 is 0 Å². The largest absolute Gasteiger partial charge is 0.466 e. The van der Waals surface area contributed by atoms with Crippen molar-refractivity contribution in [1.29, 1.82) is 0 Å². The molecule has 5 rings (SSSR count). The molecule has 0 saturated heterocycles. The van der Waals surface area contributed by atoms with E-state index in [1.165, 1.54) is 11.1 Å². The van der Waals surface area contributed by atoms with Gasteiger partial charge in [-0.3, -0.25) is 4.79 Å². The van der Waals surface area contributed by atoms with Gasteiger partial charge in [-0.15, -0.1) is 0 Å². The molecule has 0 bridgehead atoms. The van der Waals surface area contributed by atoms with Crippen molar-refractivity contribution in [1.82, 2.24) is 5.16 Å². The molecule has 4 heteroatoms. The molecular formula is C33H33NO3. The number of aryl methyl sites for hydroxylation is 2. The van der Waals surface area contributed by atoms with Crippen LogP contribution in [-0.2, 0) is 21.4 Å². The fourth-order valence-corrected chi connectivity index (χ4v) is 4.91. The molecule has 0 aliphatic heterocycles. The van der Waals surface area contributed by atoms with Crippen LogP contribution in [0.15, 0.2) is 89.5 Å². The van der Waals surface area contributed by atoms with Crippen molar-refractivity contribution in [3.8, 4) is 22.5 Å². The van der Waals surface area contributed by atoms with E-state index in [1.54, 1.807) is 0 Å². The Morgan fingerprint density at radius 2 is 1.59 bits per heavy atom. The van der Waals surface area contributed by atoms with Gasteiger partial charge >= 0.3 is 5.97 Å². The highest BCUT2D eigenvalue weighted by molar-refractivity contribution is 5.75. The Bertz CT molecular complexity index is 1360. The van der Waals surface area contributed by atoms with Gasteiger partial charge in [0.1, 0.15) is 0 Å². The molecule has 3 aromatic carbocycles. The number of aromatic nitrogens is 1. The van der Waals surface area contributed by atoms with Crippen LogP contribution in [0.4, 0.5) is 0 Å². The second kappa shape index (κ2) is 11.0. The summed E-state index contributed by atoms with van der Waals surface area (Å²) < 4.78 is 10.9. The summed E-state index contributed by atoms with van der Waals surface area (Å²) in [5.41, 5.74) is 7.74. The second-order valence-electron chi connectivity index (χ2n) is 9.85. The summed E-state index contributed by atoms with van der Waals surface area (Å²) in [4.78, 5) is 12.0. The maximum Gasteiger partial charge on any atom is 0.306 e. The number of nitrogens with zero attached hydrogens (tertiary/aromatic N) is 1. The van der Waals surface area contributed by atoms with E-state index in [0.717, 1.165) is 59.4 Å². The molecule has 0 atom stereocenters. The molecular weight excluding hydrogens is 458 g/mol. The normalized spacial score (nSPS) is 14.1. The lowest BCUT2D eigenvalue weighted by molar-refractivity contribution is -0.143. The molecule has 0 unspecified atom stereocenters. The zero-order valence-corrected chi connectivity index (χ0v) is 21.6. The summed E-state index contributed by atoms with van der Waals surface area (Å²) in [5, 5.41) is 4.22. The summed E-state index contributed by atoms with van der Waals surface area (Å²) in [6.07, 6.45) is 8.84. The quantitative estimate of drug-likeness (QED) is 0.211. The van der Waals surface area contributed by atoms with Gasteiger partial charge in [-0.25, -0.2) is 0 Å². The van der Waals surface area contributed by atoms with E-state index in [1.807, 2.05) is 19.9 Å². The Balaban J connectivity index is 1.26. The topological polar surface area (TPSA) is 52.3 Å². The van der Waals surface area contributed by atoms with Gasteiger partial charge in [-0.05, 0) is 61.8 Å². The molecule has 1 aromatic heterocycles. The molecule has 37 heavy (non-hydrogen) atoms. The molecule has 1 fully saturated rings. The summed E-state index contributed by atoms with van der Waals surface area (Å²) >= 11 is 0. The van der Waals surface area contributed by atoms with Crippen molar-refractivity contribution in [3.05, 3.63) is 107 Å². The monoisotopic (exact) mass is 491 g/mol. The zero-order valence-electron chi connectivity index (χ0n) is 21.6. The minimum absolute atomic E-state index is 0.0379. The fourth-order valence-electron chi connectivity index (χ4n) is 4.91. The highest BCUT2D eigenvalue weighted by atomic mass is 16.5. The molecule has 1 heterocycles. The predicted molar refractivity (Wildman–Crippen MR) is 148 cm³/mol. The van der Waals surface area contributed by atoms with Gasteiger partial charge in [-0.1, -0.05) is 96.2 Å². The van der Waals surface area contributed by atoms with Crippen molar-refractivity contribution in [3.63, 3.8) is 0 Å². The van der Waals surface area contributed by atoms with Crippen LogP contribution in [0.1, 0.15) is 55.0 Å². The Labute approximate surface area is 219 Å². The predicted octanol–water partition coefficient (Wildman–Crippen LogP) is 7.95. The van der Waals surface area contributed by atoms with Gasteiger partial charge in [0, 0.05) is 16.5 Å². The molecule has 1 aliphatic rings. The second-order valence-corrected chi connectivity index (χ2v) is 9.85. The summed E-state index contributed by atoms with van der Waals surface area (Å²) in [5.74, 6) is 0.692. The van der Waals surface area contributed by atoms with E-state index in [2.05, 4.69) is 90.1 Å². The third-order valence-corrected chi connectivity index (χ3v) is 7.25. The van der Waals surface area contributed by atoms with E-state index in [4.69, 9.17) is 9.26 Å². The van der Waals surface area contributed by atoms with Crippen molar-refractivity contribution in [2.45, 2.75) is 51.4 Å². The lowest BCUT2D eigenvalue weighted by Gasteiger charge is -2.15. The molecule has 4 nitrogen and oxygen atoms in total. The van der Waals surface area contributed by atoms with Crippen LogP contribution in [0.25, 0.3) is 28.5 Å². The van der Waals surface area contributed by atoms with Crippen LogP contribution in [0.2, 0.25) is 0 Å². The van der Waals surface area contributed by atoms with Crippen molar-refractivity contribution < 1.29 is 14.1 Å². The van der Waals surface area contributed by atoms with Crippen LogP contribution in [0, 0.1) is 6.92 Å². The first kappa shape index (κ1) is 24.8. The molecule has 0 N–H and O–H groups in total. The summed E-state index contributed by atoms with van der Waals surface area (Å²) in [6.45, 7) is 4.27. The number of hydrogen-bond donors (Lipinski definition) is 0. The summed E-state index contributed by atoms with van der Waals surface area (Å²) in [7, 11) is 0. The first-order valence-electron chi connectivity index (χ1n) is 13.1. The Morgan fingerprint density at radius 1 is 0.946 bits per heavy atom. The van der Waals surface area contributed by atoms with Crippen LogP contribution >= 0.6 is 0 Å².